The third-order valence-electron chi connectivity index (χ3n) is 4.69. The number of benzene rings is 2. The van der Waals surface area contributed by atoms with Crippen molar-refractivity contribution in [1.82, 2.24) is 0 Å². The van der Waals surface area contributed by atoms with Crippen LogP contribution in [0.5, 0.6) is 0 Å². The van der Waals surface area contributed by atoms with Gasteiger partial charge in [-0.2, -0.15) is 0 Å². The van der Waals surface area contributed by atoms with Crippen molar-refractivity contribution in [1.29, 1.82) is 0 Å². The van der Waals surface area contributed by atoms with Crippen molar-refractivity contribution >= 4 is 0 Å². The molecule has 2 heteroatoms. The average Bonchev–Trinajstić information content (AvgIpc) is 2.57. The summed E-state index contributed by atoms with van der Waals surface area (Å²) in [5.74, 6) is 5.37. The zero-order valence-corrected chi connectivity index (χ0v) is 13.3. The summed E-state index contributed by atoms with van der Waals surface area (Å²) in [7, 11) is 0. The Labute approximate surface area is 136 Å². The second-order valence-corrected chi connectivity index (χ2v) is 6.43. The SMILES string of the molecule is CC1CCC(c2ccc(C#Cc3cccc(F)c3F)cc2)CC1. The van der Waals surface area contributed by atoms with Crippen LogP contribution in [0.15, 0.2) is 42.5 Å². The van der Waals surface area contributed by atoms with Crippen LogP contribution in [0.2, 0.25) is 0 Å². The molecule has 0 bridgehead atoms. The number of hydrogen-bond donors (Lipinski definition) is 0. The maximum Gasteiger partial charge on any atom is 0.174 e. The average molecular weight is 310 g/mol. The highest BCUT2D eigenvalue weighted by Crippen LogP contribution is 2.35. The molecule has 0 saturated heterocycles. The van der Waals surface area contributed by atoms with Crippen LogP contribution >= 0.6 is 0 Å². The Bertz CT molecular complexity index is 727. The van der Waals surface area contributed by atoms with Crippen LogP contribution in [0.3, 0.4) is 0 Å². The zero-order chi connectivity index (χ0) is 16.2. The van der Waals surface area contributed by atoms with Crippen molar-refractivity contribution < 1.29 is 8.78 Å². The summed E-state index contributed by atoms with van der Waals surface area (Å²) in [6.45, 7) is 2.32. The smallest absolute Gasteiger partial charge is 0.174 e. The van der Waals surface area contributed by atoms with E-state index in [0.717, 1.165) is 17.5 Å². The molecule has 0 spiro atoms. The van der Waals surface area contributed by atoms with Gasteiger partial charge in [-0.05, 0) is 54.5 Å². The van der Waals surface area contributed by atoms with Gasteiger partial charge in [-0.25, -0.2) is 8.78 Å². The van der Waals surface area contributed by atoms with E-state index in [1.54, 1.807) is 0 Å². The lowest BCUT2D eigenvalue weighted by atomic mass is 9.79. The molecule has 1 fully saturated rings. The molecule has 2 aromatic carbocycles. The van der Waals surface area contributed by atoms with Gasteiger partial charge >= 0.3 is 0 Å². The van der Waals surface area contributed by atoms with Crippen molar-refractivity contribution in [2.75, 3.05) is 0 Å². The van der Waals surface area contributed by atoms with E-state index in [4.69, 9.17) is 0 Å². The largest absolute Gasteiger partial charge is 0.204 e. The van der Waals surface area contributed by atoms with Gasteiger partial charge in [0.25, 0.3) is 0 Å². The van der Waals surface area contributed by atoms with Crippen molar-refractivity contribution in [2.24, 2.45) is 5.92 Å². The van der Waals surface area contributed by atoms with Gasteiger partial charge < -0.3 is 0 Å². The molecule has 3 rings (SSSR count). The minimum atomic E-state index is -0.882. The lowest BCUT2D eigenvalue weighted by molar-refractivity contribution is 0.348. The maximum absolute atomic E-state index is 13.6. The summed E-state index contributed by atoms with van der Waals surface area (Å²) in [5, 5.41) is 0. The summed E-state index contributed by atoms with van der Waals surface area (Å²) in [6, 6.07) is 12.2. The predicted molar refractivity (Wildman–Crippen MR) is 89.2 cm³/mol. The van der Waals surface area contributed by atoms with E-state index in [9.17, 15) is 8.78 Å². The van der Waals surface area contributed by atoms with Crippen LogP contribution in [-0.4, -0.2) is 0 Å². The molecule has 1 saturated carbocycles. The molecular weight excluding hydrogens is 290 g/mol. The molecule has 2 aromatic rings. The molecule has 1 aliphatic carbocycles. The first kappa shape index (κ1) is 15.7. The summed E-state index contributed by atoms with van der Waals surface area (Å²) in [4.78, 5) is 0. The third kappa shape index (κ3) is 3.79. The fraction of sp³-hybridized carbons (Fsp3) is 0.333. The lowest BCUT2D eigenvalue weighted by Crippen LogP contribution is -2.10. The minimum Gasteiger partial charge on any atom is -0.204 e. The Morgan fingerprint density at radius 2 is 1.57 bits per heavy atom. The van der Waals surface area contributed by atoms with Crippen LogP contribution in [0.1, 0.15) is 55.2 Å². The zero-order valence-electron chi connectivity index (χ0n) is 13.3. The summed E-state index contributed by atoms with van der Waals surface area (Å²) in [5.41, 5.74) is 2.27. The first-order valence-electron chi connectivity index (χ1n) is 8.19. The highest BCUT2D eigenvalue weighted by Gasteiger charge is 2.19. The summed E-state index contributed by atoms with van der Waals surface area (Å²) in [6.07, 6.45) is 5.09. The molecule has 0 radical (unpaired) electrons. The molecule has 0 heterocycles. The van der Waals surface area contributed by atoms with E-state index in [1.807, 2.05) is 12.1 Å². The molecule has 0 aromatic heterocycles. The van der Waals surface area contributed by atoms with Gasteiger partial charge in [-0.3, -0.25) is 0 Å². The van der Waals surface area contributed by atoms with E-state index >= 15 is 0 Å². The molecule has 0 amide bonds. The Balaban J connectivity index is 1.73. The number of hydrogen-bond acceptors (Lipinski definition) is 0. The van der Waals surface area contributed by atoms with Crippen LogP contribution in [0, 0.1) is 29.4 Å². The van der Waals surface area contributed by atoms with Gasteiger partial charge in [-0.15, -0.1) is 0 Å². The fourth-order valence-electron chi connectivity index (χ4n) is 3.17. The Kier molecular flexibility index (Phi) is 4.76. The van der Waals surface area contributed by atoms with Crippen molar-refractivity contribution in [3.8, 4) is 11.8 Å². The highest BCUT2D eigenvalue weighted by atomic mass is 19.2. The molecular formula is C21H20F2. The van der Waals surface area contributed by atoms with Crippen molar-refractivity contribution in [3.05, 3.63) is 70.8 Å². The van der Waals surface area contributed by atoms with E-state index in [0.29, 0.717) is 5.92 Å². The third-order valence-corrected chi connectivity index (χ3v) is 4.69. The first-order valence-corrected chi connectivity index (χ1v) is 8.19. The standard InChI is InChI=1S/C21H20F2/c1-15-5-10-17(11-6-15)18-12-7-16(8-13-18)9-14-19-3-2-4-20(22)21(19)23/h2-4,7-8,12-13,15,17H,5-6,10-11H2,1H3. The quantitative estimate of drug-likeness (QED) is 0.596. The van der Waals surface area contributed by atoms with Crippen LogP contribution in [0.4, 0.5) is 8.78 Å². The highest BCUT2D eigenvalue weighted by molar-refractivity contribution is 5.44. The molecule has 0 aliphatic heterocycles. The second-order valence-electron chi connectivity index (χ2n) is 6.43. The lowest BCUT2D eigenvalue weighted by Gasteiger charge is -2.26. The summed E-state index contributed by atoms with van der Waals surface area (Å²) < 4.78 is 26.7. The Morgan fingerprint density at radius 1 is 0.870 bits per heavy atom. The van der Waals surface area contributed by atoms with E-state index in [2.05, 4.69) is 30.9 Å². The van der Waals surface area contributed by atoms with Gasteiger partial charge in [0.05, 0.1) is 5.56 Å². The Morgan fingerprint density at radius 3 is 2.26 bits per heavy atom. The van der Waals surface area contributed by atoms with Crippen LogP contribution in [0.25, 0.3) is 0 Å². The van der Waals surface area contributed by atoms with E-state index in [-0.39, 0.29) is 5.56 Å². The van der Waals surface area contributed by atoms with Crippen LogP contribution in [-0.2, 0) is 0 Å². The maximum atomic E-state index is 13.6. The van der Waals surface area contributed by atoms with E-state index < -0.39 is 11.6 Å². The number of halogens is 2. The topological polar surface area (TPSA) is 0 Å². The number of rotatable bonds is 1. The van der Waals surface area contributed by atoms with Crippen molar-refractivity contribution in [2.45, 2.75) is 38.5 Å². The predicted octanol–water partition coefficient (Wildman–Crippen LogP) is 5.66. The first-order chi connectivity index (χ1) is 11.1. The molecule has 0 nitrogen and oxygen atoms in total. The van der Waals surface area contributed by atoms with Gasteiger partial charge in [0.2, 0.25) is 0 Å². The molecule has 0 atom stereocenters. The molecule has 23 heavy (non-hydrogen) atoms. The second kappa shape index (κ2) is 6.96. The molecule has 118 valence electrons. The molecule has 1 aliphatic rings. The van der Waals surface area contributed by atoms with Gasteiger partial charge in [0, 0.05) is 5.56 Å². The van der Waals surface area contributed by atoms with Gasteiger partial charge in [-0.1, -0.05) is 49.8 Å². The summed E-state index contributed by atoms with van der Waals surface area (Å²) >= 11 is 0. The molecule has 0 N–H and O–H groups in total. The van der Waals surface area contributed by atoms with Crippen LogP contribution < -0.4 is 0 Å². The minimum absolute atomic E-state index is 0.0929. The molecule has 0 unspecified atom stereocenters. The van der Waals surface area contributed by atoms with Gasteiger partial charge in [0.15, 0.2) is 11.6 Å². The van der Waals surface area contributed by atoms with Gasteiger partial charge in [0.1, 0.15) is 0 Å². The normalized spacial score (nSPS) is 20.7. The van der Waals surface area contributed by atoms with E-state index in [1.165, 1.54) is 43.4 Å². The van der Waals surface area contributed by atoms with Crippen molar-refractivity contribution in [3.63, 3.8) is 0 Å². The Hall–Kier alpha value is -2.14. The fourth-order valence-corrected chi connectivity index (χ4v) is 3.17. The monoisotopic (exact) mass is 310 g/mol.